The van der Waals surface area contributed by atoms with Crippen molar-refractivity contribution in [2.45, 2.75) is 19.8 Å². The molecule has 0 atom stereocenters. The van der Waals surface area contributed by atoms with Crippen LogP contribution in [-0.4, -0.2) is 30.4 Å². The van der Waals surface area contributed by atoms with Crippen molar-refractivity contribution in [1.29, 1.82) is 0 Å². The maximum Gasteiger partial charge on any atom is 0.251 e. The zero-order valence-corrected chi connectivity index (χ0v) is 10.6. The van der Waals surface area contributed by atoms with Crippen LogP contribution in [0.4, 0.5) is 5.82 Å². The maximum atomic E-state index is 11.8. The van der Waals surface area contributed by atoms with Gasteiger partial charge in [0.2, 0.25) is 5.91 Å². The molecular weight excluding hydrogens is 232 g/mol. The Morgan fingerprint density at radius 3 is 2.67 bits per heavy atom. The van der Waals surface area contributed by atoms with E-state index >= 15 is 0 Å². The highest BCUT2D eigenvalue weighted by Crippen LogP contribution is 2.10. The highest BCUT2D eigenvalue weighted by Gasteiger charge is 2.09. The van der Waals surface area contributed by atoms with Gasteiger partial charge in [-0.2, -0.15) is 0 Å². The molecule has 6 heteroatoms. The summed E-state index contributed by atoms with van der Waals surface area (Å²) in [7, 11) is 1.75. The second kappa shape index (κ2) is 6.58. The molecule has 0 unspecified atom stereocenters. The minimum absolute atomic E-state index is 0.135. The van der Waals surface area contributed by atoms with Gasteiger partial charge in [-0.15, -0.1) is 0 Å². The van der Waals surface area contributed by atoms with Crippen LogP contribution in [0.3, 0.4) is 0 Å². The molecule has 1 heterocycles. The smallest absolute Gasteiger partial charge is 0.251 e. The number of nitrogens with two attached hydrogens (primary N) is 1. The van der Waals surface area contributed by atoms with Gasteiger partial charge < -0.3 is 16.4 Å². The predicted molar refractivity (Wildman–Crippen MR) is 69.3 cm³/mol. The summed E-state index contributed by atoms with van der Waals surface area (Å²) in [5.74, 6) is -0.0190. The van der Waals surface area contributed by atoms with Gasteiger partial charge in [0.25, 0.3) is 5.91 Å². The summed E-state index contributed by atoms with van der Waals surface area (Å²) in [4.78, 5) is 26.7. The summed E-state index contributed by atoms with van der Waals surface area (Å²) in [5, 5.41) is 5.54. The summed E-state index contributed by atoms with van der Waals surface area (Å²) in [5.41, 5.74) is 6.36. The molecular formula is C12H18N4O2. The van der Waals surface area contributed by atoms with Gasteiger partial charge in [-0.25, -0.2) is 4.98 Å². The van der Waals surface area contributed by atoms with E-state index in [0.717, 1.165) is 12.1 Å². The number of aromatic nitrogens is 1. The van der Waals surface area contributed by atoms with Crippen molar-refractivity contribution in [2.24, 2.45) is 5.73 Å². The Morgan fingerprint density at radius 1 is 1.39 bits per heavy atom. The molecule has 0 aliphatic rings. The SMILES string of the molecule is CCc1cc(C(=O)NCCC(N)=O)cc(NC)n1. The first kappa shape index (κ1) is 14.0. The lowest BCUT2D eigenvalue weighted by Gasteiger charge is -2.08. The predicted octanol–water partition coefficient (Wildman–Crippen LogP) is 0.291. The van der Waals surface area contributed by atoms with Crippen molar-refractivity contribution in [2.75, 3.05) is 18.9 Å². The molecule has 0 aromatic carbocycles. The van der Waals surface area contributed by atoms with Crippen LogP contribution in [0, 0.1) is 0 Å². The summed E-state index contributed by atoms with van der Waals surface area (Å²) in [6.07, 6.45) is 0.882. The zero-order valence-electron chi connectivity index (χ0n) is 10.6. The first-order chi connectivity index (χ1) is 8.56. The molecule has 98 valence electrons. The Hall–Kier alpha value is -2.11. The molecule has 0 spiro atoms. The number of aryl methyl sites for hydroxylation is 1. The highest BCUT2D eigenvalue weighted by molar-refractivity contribution is 5.95. The van der Waals surface area contributed by atoms with Gasteiger partial charge in [0.1, 0.15) is 5.82 Å². The largest absolute Gasteiger partial charge is 0.373 e. The molecule has 0 aliphatic carbocycles. The standard InChI is InChI=1S/C12H18N4O2/c1-3-9-6-8(7-11(14-2)16-9)12(18)15-5-4-10(13)17/h6-7H,3-5H2,1-2H3,(H2,13,17)(H,14,16)(H,15,18). The Bertz CT molecular complexity index is 423. The minimum atomic E-state index is -0.435. The quantitative estimate of drug-likeness (QED) is 0.676. The number of primary amides is 1. The summed E-state index contributed by atoms with van der Waals surface area (Å²) in [6.45, 7) is 2.21. The number of carbonyl (C=O) groups excluding carboxylic acids is 2. The fraction of sp³-hybridized carbons (Fsp3) is 0.417. The lowest BCUT2D eigenvalue weighted by molar-refractivity contribution is -0.117. The van der Waals surface area contributed by atoms with E-state index in [2.05, 4.69) is 15.6 Å². The van der Waals surface area contributed by atoms with Crippen LogP contribution in [-0.2, 0) is 11.2 Å². The van der Waals surface area contributed by atoms with Crippen LogP contribution < -0.4 is 16.4 Å². The minimum Gasteiger partial charge on any atom is -0.373 e. The number of rotatable bonds is 6. The number of hydrogen-bond donors (Lipinski definition) is 3. The Kier molecular flexibility index (Phi) is 5.10. The molecule has 1 aromatic heterocycles. The highest BCUT2D eigenvalue weighted by atomic mass is 16.2. The molecule has 0 radical (unpaired) electrons. The van der Waals surface area contributed by atoms with Crippen LogP contribution in [0.2, 0.25) is 0 Å². The van der Waals surface area contributed by atoms with Crippen LogP contribution in [0.25, 0.3) is 0 Å². The molecule has 1 aromatic rings. The van der Waals surface area contributed by atoms with Gasteiger partial charge in [0.05, 0.1) is 0 Å². The van der Waals surface area contributed by atoms with Crippen molar-refractivity contribution < 1.29 is 9.59 Å². The molecule has 0 saturated heterocycles. The van der Waals surface area contributed by atoms with Crippen LogP contribution in [0.15, 0.2) is 12.1 Å². The average molecular weight is 250 g/mol. The third-order valence-electron chi connectivity index (χ3n) is 2.42. The van der Waals surface area contributed by atoms with Crippen molar-refractivity contribution in [3.63, 3.8) is 0 Å². The van der Waals surface area contributed by atoms with Gasteiger partial charge in [-0.3, -0.25) is 9.59 Å². The molecule has 0 bridgehead atoms. The fourth-order valence-corrected chi connectivity index (χ4v) is 1.43. The Labute approximate surface area is 106 Å². The van der Waals surface area contributed by atoms with E-state index in [0.29, 0.717) is 11.4 Å². The van der Waals surface area contributed by atoms with E-state index in [1.54, 1.807) is 19.2 Å². The number of pyridine rings is 1. The Balaban J connectivity index is 2.75. The van der Waals surface area contributed by atoms with Crippen LogP contribution in [0.1, 0.15) is 29.4 Å². The zero-order chi connectivity index (χ0) is 13.5. The molecule has 1 rings (SSSR count). The lowest BCUT2D eigenvalue weighted by Crippen LogP contribution is -2.28. The van der Waals surface area contributed by atoms with Crippen molar-refractivity contribution in [1.82, 2.24) is 10.3 Å². The molecule has 0 saturated carbocycles. The summed E-state index contributed by atoms with van der Waals surface area (Å²) >= 11 is 0. The Morgan fingerprint density at radius 2 is 2.11 bits per heavy atom. The van der Waals surface area contributed by atoms with Crippen molar-refractivity contribution in [3.8, 4) is 0 Å². The number of hydrogen-bond acceptors (Lipinski definition) is 4. The lowest BCUT2D eigenvalue weighted by atomic mass is 10.2. The molecule has 2 amide bonds. The number of carbonyl (C=O) groups is 2. The van der Waals surface area contributed by atoms with E-state index in [1.165, 1.54) is 0 Å². The molecule has 4 N–H and O–H groups in total. The number of nitrogens with zero attached hydrogens (tertiary/aromatic N) is 1. The molecule has 18 heavy (non-hydrogen) atoms. The van der Waals surface area contributed by atoms with Gasteiger partial charge in [-0.05, 0) is 18.6 Å². The van der Waals surface area contributed by atoms with E-state index < -0.39 is 5.91 Å². The average Bonchev–Trinajstić information content (AvgIpc) is 2.37. The monoisotopic (exact) mass is 250 g/mol. The van der Waals surface area contributed by atoms with E-state index in [4.69, 9.17) is 5.73 Å². The van der Waals surface area contributed by atoms with Gasteiger partial charge in [0, 0.05) is 31.3 Å². The van der Waals surface area contributed by atoms with Crippen LogP contribution in [0.5, 0.6) is 0 Å². The number of amides is 2. The van der Waals surface area contributed by atoms with E-state index in [9.17, 15) is 9.59 Å². The molecule has 6 nitrogen and oxygen atoms in total. The first-order valence-electron chi connectivity index (χ1n) is 5.82. The van der Waals surface area contributed by atoms with Crippen LogP contribution >= 0.6 is 0 Å². The second-order valence-electron chi connectivity index (χ2n) is 3.81. The number of anilines is 1. The summed E-state index contributed by atoms with van der Waals surface area (Å²) < 4.78 is 0. The fourth-order valence-electron chi connectivity index (χ4n) is 1.43. The van der Waals surface area contributed by atoms with Gasteiger partial charge in [-0.1, -0.05) is 6.92 Å². The summed E-state index contributed by atoms with van der Waals surface area (Å²) in [6, 6.07) is 3.40. The first-order valence-corrected chi connectivity index (χ1v) is 5.82. The third-order valence-corrected chi connectivity index (χ3v) is 2.42. The molecule has 0 aliphatic heterocycles. The van der Waals surface area contributed by atoms with Crippen molar-refractivity contribution >= 4 is 17.6 Å². The van der Waals surface area contributed by atoms with Gasteiger partial charge >= 0.3 is 0 Å². The maximum absolute atomic E-state index is 11.8. The normalized spacial score (nSPS) is 9.89. The van der Waals surface area contributed by atoms with E-state index in [-0.39, 0.29) is 18.9 Å². The third kappa shape index (κ3) is 4.04. The second-order valence-corrected chi connectivity index (χ2v) is 3.81. The molecule has 0 fully saturated rings. The van der Waals surface area contributed by atoms with Crippen molar-refractivity contribution in [3.05, 3.63) is 23.4 Å². The van der Waals surface area contributed by atoms with Gasteiger partial charge in [0.15, 0.2) is 0 Å². The number of nitrogens with one attached hydrogen (secondary N) is 2. The van der Waals surface area contributed by atoms with E-state index in [1.807, 2.05) is 6.92 Å². The topological polar surface area (TPSA) is 97.1 Å².